The fourth-order valence-electron chi connectivity index (χ4n) is 3.07. The lowest BCUT2D eigenvalue weighted by atomic mass is 9.99. The molecule has 3 rings (SSSR count). The highest BCUT2D eigenvalue weighted by Gasteiger charge is 2.37. The van der Waals surface area contributed by atoms with Crippen LogP contribution in [0.1, 0.15) is 29.7 Å². The number of alkyl halides is 3. The molecule has 8 heteroatoms. The summed E-state index contributed by atoms with van der Waals surface area (Å²) in [6.45, 7) is 3.50. The quantitative estimate of drug-likeness (QED) is 0.624. The van der Waals surface area contributed by atoms with Gasteiger partial charge in [-0.15, -0.1) is 0 Å². The predicted octanol–water partition coefficient (Wildman–Crippen LogP) is 5.12. The van der Waals surface area contributed by atoms with E-state index < -0.39 is 32.7 Å². The second-order valence-electron chi connectivity index (χ2n) is 6.65. The summed E-state index contributed by atoms with van der Waals surface area (Å²) in [4.78, 5) is 3.26. The van der Waals surface area contributed by atoms with Gasteiger partial charge in [0.2, 0.25) is 10.0 Å². The SMILES string of the molecule is Cc1cnccc1-c1cccc(C(C)NS(=O)(=O)c2ccccc2C(F)(F)F)c1. The summed E-state index contributed by atoms with van der Waals surface area (Å²) >= 11 is 0. The summed E-state index contributed by atoms with van der Waals surface area (Å²) in [7, 11) is -4.39. The highest BCUT2D eigenvalue weighted by molar-refractivity contribution is 7.89. The van der Waals surface area contributed by atoms with Crippen molar-refractivity contribution in [3.05, 3.63) is 83.7 Å². The van der Waals surface area contributed by atoms with Crippen LogP contribution >= 0.6 is 0 Å². The second kappa shape index (κ2) is 7.96. The Hall–Kier alpha value is -2.71. The van der Waals surface area contributed by atoms with Crippen molar-refractivity contribution in [2.75, 3.05) is 0 Å². The van der Waals surface area contributed by atoms with Crippen molar-refractivity contribution in [3.8, 4) is 11.1 Å². The van der Waals surface area contributed by atoms with Crippen LogP contribution in [0.15, 0.2) is 71.9 Å². The molecule has 1 N–H and O–H groups in total. The smallest absolute Gasteiger partial charge is 0.264 e. The van der Waals surface area contributed by atoms with Crippen molar-refractivity contribution in [2.45, 2.75) is 31.0 Å². The van der Waals surface area contributed by atoms with Crippen LogP contribution < -0.4 is 4.72 Å². The lowest BCUT2D eigenvalue weighted by molar-refractivity contribution is -0.139. The summed E-state index contributed by atoms with van der Waals surface area (Å²) in [6, 6.07) is 12.4. The van der Waals surface area contributed by atoms with E-state index in [0.29, 0.717) is 5.56 Å². The molecule has 0 aliphatic rings. The molecule has 1 heterocycles. The maximum absolute atomic E-state index is 13.2. The first-order chi connectivity index (χ1) is 13.6. The summed E-state index contributed by atoms with van der Waals surface area (Å²) < 4.78 is 67.4. The molecule has 0 saturated carbocycles. The van der Waals surface area contributed by atoms with Crippen LogP contribution in [0.5, 0.6) is 0 Å². The number of sulfonamides is 1. The Bertz CT molecular complexity index is 1130. The molecule has 29 heavy (non-hydrogen) atoms. The Morgan fingerprint density at radius 3 is 2.45 bits per heavy atom. The maximum atomic E-state index is 13.2. The highest BCUT2D eigenvalue weighted by atomic mass is 32.2. The number of aromatic nitrogens is 1. The van der Waals surface area contributed by atoms with Crippen molar-refractivity contribution >= 4 is 10.0 Å². The van der Waals surface area contributed by atoms with Gasteiger partial charge in [0.15, 0.2) is 0 Å². The van der Waals surface area contributed by atoms with Crippen molar-refractivity contribution in [2.24, 2.45) is 0 Å². The molecular weight excluding hydrogens is 401 g/mol. The van der Waals surface area contributed by atoms with Gasteiger partial charge in [0.1, 0.15) is 0 Å². The lowest BCUT2D eigenvalue weighted by Crippen LogP contribution is -2.29. The molecule has 0 radical (unpaired) electrons. The number of pyridine rings is 1. The van der Waals surface area contributed by atoms with Crippen LogP contribution in [-0.2, 0) is 16.2 Å². The fraction of sp³-hybridized carbons (Fsp3) is 0.190. The van der Waals surface area contributed by atoms with Crippen LogP contribution in [-0.4, -0.2) is 13.4 Å². The van der Waals surface area contributed by atoms with Gasteiger partial charge in [0, 0.05) is 18.4 Å². The van der Waals surface area contributed by atoms with E-state index in [1.807, 2.05) is 25.1 Å². The van der Waals surface area contributed by atoms with Gasteiger partial charge in [-0.3, -0.25) is 4.98 Å². The minimum Gasteiger partial charge on any atom is -0.264 e. The van der Waals surface area contributed by atoms with Crippen molar-refractivity contribution in [1.29, 1.82) is 0 Å². The van der Waals surface area contributed by atoms with Crippen molar-refractivity contribution in [3.63, 3.8) is 0 Å². The summed E-state index contributed by atoms with van der Waals surface area (Å²) in [5.74, 6) is 0. The number of halogens is 3. The molecule has 1 aromatic heterocycles. The van der Waals surface area contributed by atoms with E-state index in [4.69, 9.17) is 0 Å². The first-order valence-electron chi connectivity index (χ1n) is 8.79. The van der Waals surface area contributed by atoms with E-state index in [1.165, 1.54) is 6.07 Å². The van der Waals surface area contributed by atoms with Gasteiger partial charge in [-0.05, 0) is 60.4 Å². The van der Waals surface area contributed by atoms with Crippen LogP contribution in [0, 0.1) is 6.92 Å². The average molecular weight is 420 g/mol. The number of hydrogen-bond donors (Lipinski definition) is 1. The Morgan fingerprint density at radius 2 is 1.76 bits per heavy atom. The monoisotopic (exact) mass is 420 g/mol. The zero-order chi connectivity index (χ0) is 21.2. The maximum Gasteiger partial charge on any atom is 0.417 e. The molecular formula is C21H19F3N2O2S. The molecule has 2 aromatic carbocycles. The number of rotatable bonds is 5. The first kappa shape index (κ1) is 21.0. The fourth-order valence-corrected chi connectivity index (χ4v) is 4.53. The molecule has 0 saturated heterocycles. The number of hydrogen-bond acceptors (Lipinski definition) is 3. The third kappa shape index (κ3) is 4.65. The molecule has 1 unspecified atom stereocenters. The molecule has 0 bridgehead atoms. The Morgan fingerprint density at radius 1 is 1.03 bits per heavy atom. The number of aryl methyl sites for hydroxylation is 1. The molecule has 0 spiro atoms. The van der Waals surface area contributed by atoms with Gasteiger partial charge >= 0.3 is 6.18 Å². The summed E-state index contributed by atoms with van der Waals surface area (Å²) in [5, 5.41) is 0. The first-order valence-corrected chi connectivity index (χ1v) is 10.3. The Balaban J connectivity index is 1.93. The van der Waals surface area contributed by atoms with Gasteiger partial charge < -0.3 is 0 Å². The molecule has 4 nitrogen and oxygen atoms in total. The van der Waals surface area contributed by atoms with E-state index >= 15 is 0 Å². The summed E-state index contributed by atoms with van der Waals surface area (Å²) in [5.41, 5.74) is 2.20. The number of benzene rings is 2. The minimum absolute atomic E-state index is 0.631. The number of nitrogens with one attached hydrogen (secondary N) is 1. The predicted molar refractivity (Wildman–Crippen MR) is 105 cm³/mol. The van der Waals surface area contributed by atoms with Gasteiger partial charge in [-0.1, -0.05) is 30.3 Å². The largest absolute Gasteiger partial charge is 0.417 e. The van der Waals surface area contributed by atoms with E-state index in [9.17, 15) is 21.6 Å². The molecule has 3 aromatic rings. The third-order valence-corrected chi connectivity index (χ3v) is 6.13. The van der Waals surface area contributed by atoms with Gasteiger partial charge in [-0.25, -0.2) is 13.1 Å². The van der Waals surface area contributed by atoms with Crippen LogP contribution in [0.4, 0.5) is 13.2 Å². The van der Waals surface area contributed by atoms with Crippen LogP contribution in [0.3, 0.4) is 0 Å². The highest BCUT2D eigenvalue weighted by Crippen LogP contribution is 2.34. The third-order valence-electron chi connectivity index (χ3n) is 4.53. The second-order valence-corrected chi connectivity index (χ2v) is 8.34. The average Bonchev–Trinajstić information content (AvgIpc) is 2.67. The van der Waals surface area contributed by atoms with E-state index in [2.05, 4.69) is 9.71 Å². The van der Waals surface area contributed by atoms with E-state index in [-0.39, 0.29) is 0 Å². The molecule has 152 valence electrons. The number of nitrogens with zero attached hydrogens (tertiary/aromatic N) is 1. The van der Waals surface area contributed by atoms with Crippen LogP contribution in [0.2, 0.25) is 0 Å². The molecule has 1 atom stereocenters. The molecule has 0 aliphatic carbocycles. The van der Waals surface area contributed by atoms with E-state index in [0.717, 1.165) is 34.9 Å². The molecule has 0 fully saturated rings. The zero-order valence-electron chi connectivity index (χ0n) is 15.7. The molecule has 0 amide bonds. The van der Waals surface area contributed by atoms with E-state index in [1.54, 1.807) is 31.5 Å². The van der Waals surface area contributed by atoms with Gasteiger partial charge in [-0.2, -0.15) is 13.2 Å². The zero-order valence-corrected chi connectivity index (χ0v) is 16.6. The minimum atomic E-state index is -4.77. The van der Waals surface area contributed by atoms with Crippen molar-refractivity contribution in [1.82, 2.24) is 9.71 Å². The van der Waals surface area contributed by atoms with Gasteiger partial charge in [0.05, 0.1) is 10.5 Å². The topological polar surface area (TPSA) is 59.1 Å². The Labute approximate surface area is 167 Å². The standard InChI is InChI=1S/C21H19F3N2O2S/c1-14-13-25-11-10-18(14)17-7-5-6-16(12-17)15(2)26-29(27,28)20-9-4-3-8-19(20)21(22,23)24/h3-13,15,26H,1-2H3. The molecule has 0 aliphatic heterocycles. The Kier molecular flexibility index (Phi) is 5.77. The summed E-state index contributed by atoms with van der Waals surface area (Å²) in [6.07, 6.45) is -1.38. The lowest BCUT2D eigenvalue weighted by Gasteiger charge is -2.18. The van der Waals surface area contributed by atoms with Gasteiger partial charge in [0.25, 0.3) is 0 Å². The normalized spacial score (nSPS) is 13.3. The van der Waals surface area contributed by atoms with Crippen LogP contribution in [0.25, 0.3) is 11.1 Å². The van der Waals surface area contributed by atoms with Crippen molar-refractivity contribution < 1.29 is 21.6 Å².